The number of nitrogens with one attached hydrogen (secondary N) is 3. The molecule has 0 aliphatic heterocycles. The van der Waals surface area contributed by atoms with E-state index in [1.54, 1.807) is 20.0 Å². The van der Waals surface area contributed by atoms with E-state index in [-0.39, 0.29) is 34.1 Å². The number of amides is 3. The molecule has 1 aromatic carbocycles. The topological polar surface area (TPSA) is 140 Å². The predicted octanol–water partition coefficient (Wildman–Crippen LogP) is 2.82. The second kappa shape index (κ2) is 9.67. The number of benzene rings is 1. The maximum Gasteiger partial charge on any atom is 0.334 e. The quantitative estimate of drug-likeness (QED) is 0.372. The van der Waals surface area contributed by atoms with E-state index in [2.05, 4.69) is 36.4 Å². The number of aromatic nitrogens is 5. The molecule has 0 radical (unpaired) electrons. The van der Waals surface area contributed by atoms with Crippen LogP contribution in [0.5, 0.6) is 0 Å². The molecule has 0 spiro atoms. The molecule has 3 heterocycles. The molecule has 3 aromatic heterocycles. The maximum atomic E-state index is 15.0. The molecule has 0 unspecified atom stereocenters. The first-order valence-corrected chi connectivity index (χ1v) is 10.3. The van der Waals surface area contributed by atoms with Crippen molar-refractivity contribution in [2.75, 3.05) is 0 Å². The number of pyridine rings is 1. The van der Waals surface area contributed by atoms with E-state index in [0.29, 0.717) is 5.56 Å². The zero-order valence-corrected chi connectivity index (χ0v) is 18.8. The number of halogens is 2. The fourth-order valence-corrected chi connectivity index (χ4v) is 3.33. The van der Waals surface area contributed by atoms with Crippen LogP contribution < -0.4 is 16.2 Å². The first-order valence-electron chi connectivity index (χ1n) is 10.3. The molecule has 1 atom stereocenters. The summed E-state index contributed by atoms with van der Waals surface area (Å²) in [6, 6.07) is 3.83. The highest BCUT2D eigenvalue weighted by Gasteiger charge is 2.21. The second-order valence-corrected chi connectivity index (χ2v) is 7.57. The van der Waals surface area contributed by atoms with E-state index in [4.69, 9.17) is 4.52 Å². The lowest BCUT2D eigenvalue weighted by molar-refractivity contribution is 0.0935. The Labute approximate surface area is 197 Å². The lowest BCUT2D eigenvalue weighted by Crippen LogP contribution is -2.47. The van der Waals surface area contributed by atoms with E-state index < -0.39 is 29.6 Å². The first-order chi connectivity index (χ1) is 16.7. The Bertz CT molecular complexity index is 1400. The smallest absolute Gasteiger partial charge is 0.334 e. The highest BCUT2D eigenvalue weighted by atomic mass is 19.1. The normalized spacial score (nSPS) is 11.7. The lowest BCUT2D eigenvalue weighted by Gasteiger charge is -2.16. The standard InChI is InChI=1S/C22H20F2N8O3/c1-11(27-22(34)30-29-21(33)14-9-26-32(3)10-14)19-17(24)7-13(8-25-19)15-5-4-6-16(23)18(15)20-28-12(2)35-31-20/h4-11H,1-3H3,(H,29,33)(H2,27,30,34)/t11-/m1/s1. The third-order valence-corrected chi connectivity index (χ3v) is 4.96. The molecule has 0 bridgehead atoms. The lowest BCUT2D eigenvalue weighted by atomic mass is 9.99. The van der Waals surface area contributed by atoms with Gasteiger partial charge in [-0.3, -0.25) is 19.9 Å². The number of hydrazine groups is 1. The van der Waals surface area contributed by atoms with Crippen molar-refractivity contribution in [3.8, 4) is 22.5 Å². The molecule has 0 saturated heterocycles. The molecular formula is C22H20F2N8O3. The van der Waals surface area contributed by atoms with E-state index in [1.165, 1.54) is 48.4 Å². The molecule has 35 heavy (non-hydrogen) atoms. The van der Waals surface area contributed by atoms with Crippen molar-refractivity contribution >= 4 is 11.9 Å². The highest BCUT2D eigenvalue weighted by molar-refractivity contribution is 5.94. The fraction of sp³-hybridized carbons (Fsp3) is 0.182. The number of aryl methyl sites for hydroxylation is 2. The van der Waals surface area contributed by atoms with Gasteiger partial charge in [-0.1, -0.05) is 17.3 Å². The van der Waals surface area contributed by atoms with Crippen LogP contribution in [0.25, 0.3) is 22.5 Å². The average Bonchev–Trinajstić information content (AvgIpc) is 3.45. The van der Waals surface area contributed by atoms with Crippen LogP contribution in [-0.2, 0) is 7.05 Å². The zero-order chi connectivity index (χ0) is 25.1. The molecule has 180 valence electrons. The van der Waals surface area contributed by atoms with Gasteiger partial charge in [-0.05, 0) is 24.6 Å². The predicted molar refractivity (Wildman–Crippen MR) is 118 cm³/mol. The molecule has 3 N–H and O–H groups in total. The number of urea groups is 1. The summed E-state index contributed by atoms with van der Waals surface area (Å²) in [6.45, 7) is 3.09. The Hall–Kier alpha value is -4.68. The largest absolute Gasteiger partial charge is 0.339 e. The minimum Gasteiger partial charge on any atom is -0.339 e. The Morgan fingerprint density at radius 2 is 1.94 bits per heavy atom. The molecule has 4 rings (SSSR count). The Kier molecular flexibility index (Phi) is 6.48. The van der Waals surface area contributed by atoms with Crippen molar-refractivity contribution in [1.82, 2.24) is 41.1 Å². The molecule has 3 amide bonds. The van der Waals surface area contributed by atoms with E-state index >= 15 is 0 Å². The minimum atomic E-state index is -0.855. The average molecular weight is 482 g/mol. The Balaban J connectivity index is 1.47. The van der Waals surface area contributed by atoms with Crippen LogP contribution in [0, 0.1) is 18.6 Å². The van der Waals surface area contributed by atoms with Crippen LogP contribution in [-0.4, -0.2) is 36.8 Å². The van der Waals surface area contributed by atoms with Crippen LogP contribution in [0.1, 0.15) is 34.9 Å². The van der Waals surface area contributed by atoms with Crippen LogP contribution >= 0.6 is 0 Å². The summed E-state index contributed by atoms with van der Waals surface area (Å²) < 4.78 is 35.9. The third-order valence-electron chi connectivity index (χ3n) is 4.96. The molecule has 4 aromatic rings. The molecule has 0 aliphatic carbocycles. The van der Waals surface area contributed by atoms with Gasteiger partial charge >= 0.3 is 6.03 Å². The molecule has 0 aliphatic rings. The fourth-order valence-electron chi connectivity index (χ4n) is 3.33. The number of hydrogen-bond acceptors (Lipinski definition) is 7. The van der Waals surface area contributed by atoms with Crippen molar-refractivity contribution < 1.29 is 22.9 Å². The SMILES string of the molecule is Cc1nc(-c2c(F)cccc2-c2cnc([C@@H](C)NC(=O)NNC(=O)c3cnn(C)c3)c(F)c2)no1. The van der Waals surface area contributed by atoms with Gasteiger partial charge in [-0.25, -0.2) is 19.0 Å². The van der Waals surface area contributed by atoms with Crippen molar-refractivity contribution in [2.24, 2.45) is 7.05 Å². The molecule has 11 nitrogen and oxygen atoms in total. The van der Waals surface area contributed by atoms with Crippen molar-refractivity contribution in [3.63, 3.8) is 0 Å². The Morgan fingerprint density at radius 1 is 1.14 bits per heavy atom. The third kappa shape index (κ3) is 5.13. The van der Waals surface area contributed by atoms with Gasteiger partial charge in [0.25, 0.3) is 5.91 Å². The summed E-state index contributed by atoms with van der Waals surface area (Å²) in [5.74, 6) is -1.62. The van der Waals surface area contributed by atoms with Crippen LogP contribution in [0.3, 0.4) is 0 Å². The molecule has 13 heteroatoms. The van der Waals surface area contributed by atoms with Gasteiger partial charge in [-0.2, -0.15) is 10.1 Å². The summed E-state index contributed by atoms with van der Waals surface area (Å²) in [4.78, 5) is 32.3. The van der Waals surface area contributed by atoms with Gasteiger partial charge in [0.1, 0.15) is 11.6 Å². The number of hydrogen-bond donors (Lipinski definition) is 3. The maximum absolute atomic E-state index is 15.0. The van der Waals surface area contributed by atoms with Crippen LogP contribution in [0.2, 0.25) is 0 Å². The van der Waals surface area contributed by atoms with E-state index in [9.17, 15) is 18.4 Å². The second-order valence-electron chi connectivity index (χ2n) is 7.57. The number of carbonyl (C=O) groups excluding carboxylic acids is 2. The van der Waals surface area contributed by atoms with Crippen LogP contribution in [0.15, 0.2) is 47.4 Å². The van der Waals surface area contributed by atoms with Crippen LogP contribution in [0.4, 0.5) is 13.6 Å². The summed E-state index contributed by atoms with van der Waals surface area (Å²) >= 11 is 0. The number of rotatable bonds is 5. The van der Waals surface area contributed by atoms with Gasteiger partial charge in [0.15, 0.2) is 0 Å². The minimum absolute atomic E-state index is 0.0279. The summed E-state index contributed by atoms with van der Waals surface area (Å²) in [5, 5.41) is 10.1. The summed E-state index contributed by atoms with van der Waals surface area (Å²) in [6.07, 6.45) is 4.16. The van der Waals surface area contributed by atoms with Gasteiger partial charge < -0.3 is 9.84 Å². The number of nitrogens with zero attached hydrogens (tertiary/aromatic N) is 5. The zero-order valence-electron chi connectivity index (χ0n) is 18.8. The van der Waals surface area contributed by atoms with Crippen molar-refractivity contribution in [1.29, 1.82) is 0 Å². The number of carbonyl (C=O) groups is 2. The summed E-state index contributed by atoms with van der Waals surface area (Å²) in [7, 11) is 1.65. The molecule has 0 saturated carbocycles. The van der Waals surface area contributed by atoms with Gasteiger partial charge in [-0.15, -0.1) is 0 Å². The highest BCUT2D eigenvalue weighted by Crippen LogP contribution is 2.33. The molecule has 0 fully saturated rings. The Morgan fingerprint density at radius 3 is 2.60 bits per heavy atom. The van der Waals surface area contributed by atoms with Gasteiger partial charge in [0.2, 0.25) is 11.7 Å². The van der Waals surface area contributed by atoms with E-state index in [1.807, 2.05) is 0 Å². The van der Waals surface area contributed by atoms with Gasteiger partial charge in [0, 0.05) is 31.9 Å². The van der Waals surface area contributed by atoms with E-state index in [0.717, 1.165) is 0 Å². The molecular weight excluding hydrogens is 462 g/mol. The van der Waals surface area contributed by atoms with Gasteiger partial charge in [0.05, 0.1) is 29.1 Å². The monoisotopic (exact) mass is 482 g/mol. The van der Waals surface area contributed by atoms with Crippen molar-refractivity contribution in [2.45, 2.75) is 19.9 Å². The van der Waals surface area contributed by atoms with Crippen molar-refractivity contribution in [3.05, 3.63) is 71.6 Å². The first kappa shape index (κ1) is 23.5. The summed E-state index contributed by atoms with van der Waals surface area (Å²) in [5.41, 5.74) is 5.24.